The molecule has 0 spiro atoms. The lowest BCUT2D eigenvalue weighted by atomic mass is 10.0. The summed E-state index contributed by atoms with van der Waals surface area (Å²) >= 11 is 0. The molecule has 0 aliphatic carbocycles. The van der Waals surface area contributed by atoms with Crippen molar-refractivity contribution in [2.75, 3.05) is 31.6 Å². The Morgan fingerprint density at radius 3 is 2.68 bits per heavy atom. The van der Waals surface area contributed by atoms with E-state index in [4.69, 9.17) is 4.74 Å². The third kappa shape index (κ3) is 4.33. The average Bonchev–Trinajstić information content (AvgIpc) is 3.07. The number of ether oxygens (including phenoxy) is 1. The fourth-order valence-electron chi connectivity index (χ4n) is 3.79. The molecule has 0 aromatic heterocycles. The summed E-state index contributed by atoms with van der Waals surface area (Å²) in [6.07, 6.45) is 1.82. The zero-order valence-corrected chi connectivity index (χ0v) is 18.0. The monoisotopic (exact) mass is 402 g/mol. The number of para-hydroxylation sites is 1. The van der Waals surface area contributed by atoms with Gasteiger partial charge in [-0.1, -0.05) is 32.0 Å². The van der Waals surface area contributed by atoms with Crippen molar-refractivity contribution in [2.24, 2.45) is 0 Å². The van der Waals surface area contributed by atoms with Crippen LogP contribution in [0.5, 0.6) is 5.75 Å². The fourth-order valence-corrected chi connectivity index (χ4v) is 5.12. The van der Waals surface area contributed by atoms with Gasteiger partial charge >= 0.3 is 0 Å². The van der Waals surface area contributed by atoms with Crippen LogP contribution in [-0.2, 0) is 16.4 Å². The highest BCUT2D eigenvalue weighted by atomic mass is 32.2. The Morgan fingerprint density at radius 2 is 1.96 bits per heavy atom. The molecule has 152 valence electrons. The lowest BCUT2D eigenvalue weighted by Crippen LogP contribution is -2.29. The number of anilines is 1. The number of nitrogens with zero attached hydrogens (tertiary/aromatic N) is 1. The summed E-state index contributed by atoms with van der Waals surface area (Å²) in [6, 6.07) is 12.0. The third-order valence-electron chi connectivity index (χ3n) is 5.32. The van der Waals surface area contributed by atoms with Gasteiger partial charge in [0, 0.05) is 25.3 Å². The maximum absolute atomic E-state index is 12.9. The van der Waals surface area contributed by atoms with Crippen molar-refractivity contribution in [3.63, 3.8) is 0 Å². The predicted octanol–water partition coefficient (Wildman–Crippen LogP) is 3.86. The third-order valence-corrected chi connectivity index (χ3v) is 6.92. The van der Waals surface area contributed by atoms with Gasteiger partial charge in [-0.3, -0.25) is 0 Å². The Bertz CT molecular complexity index is 939. The Morgan fingerprint density at radius 1 is 1.21 bits per heavy atom. The second kappa shape index (κ2) is 8.53. The fraction of sp³-hybridized carbons (Fsp3) is 0.455. The molecular weight excluding hydrogens is 372 g/mol. The topological polar surface area (TPSA) is 58.6 Å². The molecule has 0 bridgehead atoms. The van der Waals surface area contributed by atoms with E-state index in [1.54, 1.807) is 13.2 Å². The maximum Gasteiger partial charge on any atom is 0.240 e. The Balaban J connectivity index is 1.64. The van der Waals surface area contributed by atoms with E-state index in [-0.39, 0.29) is 5.92 Å². The average molecular weight is 403 g/mol. The molecular formula is C22H30N2O3S. The van der Waals surface area contributed by atoms with Crippen LogP contribution < -0.4 is 14.4 Å². The highest BCUT2D eigenvalue weighted by Gasteiger charge is 2.21. The van der Waals surface area contributed by atoms with Crippen molar-refractivity contribution >= 4 is 15.7 Å². The molecule has 2 aromatic carbocycles. The highest BCUT2D eigenvalue weighted by Crippen LogP contribution is 2.31. The number of sulfonamides is 1. The summed E-state index contributed by atoms with van der Waals surface area (Å²) in [5.74, 6) is 0.916. The number of aryl methyl sites for hydroxylation is 1. The normalized spacial score (nSPS) is 13.8. The van der Waals surface area contributed by atoms with Gasteiger partial charge in [-0.2, -0.15) is 0 Å². The number of nitrogens with one attached hydrogen (secondary N) is 1. The second-order valence-corrected chi connectivity index (χ2v) is 9.37. The van der Waals surface area contributed by atoms with Gasteiger partial charge in [0.05, 0.1) is 12.0 Å². The molecule has 0 amide bonds. The zero-order valence-electron chi connectivity index (χ0n) is 17.2. The van der Waals surface area contributed by atoms with Crippen molar-refractivity contribution in [2.45, 2.75) is 44.4 Å². The molecule has 1 N–H and O–H groups in total. The van der Waals surface area contributed by atoms with Gasteiger partial charge in [-0.15, -0.1) is 0 Å². The molecule has 3 rings (SSSR count). The summed E-state index contributed by atoms with van der Waals surface area (Å²) < 4.78 is 33.9. The van der Waals surface area contributed by atoms with E-state index in [0.29, 0.717) is 17.0 Å². The minimum atomic E-state index is -3.55. The largest absolute Gasteiger partial charge is 0.496 e. The van der Waals surface area contributed by atoms with E-state index in [1.807, 2.05) is 26.8 Å². The van der Waals surface area contributed by atoms with Crippen molar-refractivity contribution in [3.8, 4) is 5.75 Å². The van der Waals surface area contributed by atoms with Crippen LogP contribution in [0.25, 0.3) is 0 Å². The van der Waals surface area contributed by atoms with Gasteiger partial charge < -0.3 is 9.64 Å². The van der Waals surface area contributed by atoms with E-state index < -0.39 is 10.0 Å². The van der Waals surface area contributed by atoms with Crippen LogP contribution in [0.4, 0.5) is 5.69 Å². The number of hydrogen-bond donors (Lipinski definition) is 1. The SMILES string of the molecule is COc1cc(C)c(S(=O)(=O)NCCCN2CCc3ccccc32)cc1C(C)C. The van der Waals surface area contributed by atoms with Gasteiger partial charge in [0.25, 0.3) is 0 Å². The summed E-state index contributed by atoms with van der Waals surface area (Å²) in [5, 5.41) is 0. The van der Waals surface area contributed by atoms with Crippen molar-refractivity contribution in [1.82, 2.24) is 4.72 Å². The molecule has 0 unspecified atom stereocenters. The minimum absolute atomic E-state index is 0.180. The van der Waals surface area contributed by atoms with Crippen LogP contribution >= 0.6 is 0 Å². The summed E-state index contributed by atoms with van der Waals surface area (Å²) in [5.41, 5.74) is 4.25. The summed E-state index contributed by atoms with van der Waals surface area (Å²) in [6.45, 7) is 8.14. The van der Waals surface area contributed by atoms with E-state index >= 15 is 0 Å². The first kappa shape index (κ1) is 20.7. The molecule has 1 heterocycles. The van der Waals surface area contributed by atoms with E-state index in [2.05, 4.69) is 33.9 Å². The summed E-state index contributed by atoms with van der Waals surface area (Å²) in [4.78, 5) is 2.67. The molecule has 0 atom stereocenters. The van der Waals surface area contributed by atoms with Crippen LogP contribution in [-0.4, -0.2) is 35.2 Å². The minimum Gasteiger partial charge on any atom is -0.496 e. The van der Waals surface area contributed by atoms with Crippen molar-refractivity contribution < 1.29 is 13.2 Å². The zero-order chi connectivity index (χ0) is 20.3. The molecule has 0 fully saturated rings. The first-order valence-electron chi connectivity index (χ1n) is 9.84. The van der Waals surface area contributed by atoms with Gasteiger partial charge in [0.1, 0.15) is 5.75 Å². The van der Waals surface area contributed by atoms with Crippen LogP contribution in [0.3, 0.4) is 0 Å². The van der Waals surface area contributed by atoms with Crippen LogP contribution in [0.1, 0.15) is 42.9 Å². The van der Waals surface area contributed by atoms with Gasteiger partial charge in [0.15, 0.2) is 0 Å². The molecule has 28 heavy (non-hydrogen) atoms. The Hall–Kier alpha value is -2.05. The Labute approximate surface area is 168 Å². The number of fused-ring (bicyclic) bond motifs is 1. The van der Waals surface area contributed by atoms with Gasteiger partial charge in [-0.05, 0) is 60.6 Å². The quantitative estimate of drug-likeness (QED) is 0.681. The molecule has 1 aliphatic heterocycles. The van der Waals surface area contributed by atoms with Crippen molar-refractivity contribution in [1.29, 1.82) is 0 Å². The molecule has 0 saturated carbocycles. The smallest absolute Gasteiger partial charge is 0.240 e. The predicted molar refractivity (Wildman–Crippen MR) is 114 cm³/mol. The van der Waals surface area contributed by atoms with E-state index in [1.165, 1.54) is 11.3 Å². The van der Waals surface area contributed by atoms with E-state index in [9.17, 15) is 8.42 Å². The number of rotatable bonds is 8. The highest BCUT2D eigenvalue weighted by molar-refractivity contribution is 7.89. The lowest BCUT2D eigenvalue weighted by molar-refractivity contribution is 0.406. The maximum atomic E-state index is 12.9. The molecule has 5 nitrogen and oxygen atoms in total. The second-order valence-electron chi connectivity index (χ2n) is 7.63. The Kier molecular flexibility index (Phi) is 6.30. The van der Waals surface area contributed by atoms with Crippen LogP contribution in [0.2, 0.25) is 0 Å². The number of methoxy groups -OCH3 is 1. The first-order chi connectivity index (χ1) is 13.3. The van der Waals surface area contributed by atoms with Gasteiger partial charge in [0.2, 0.25) is 10.0 Å². The molecule has 0 radical (unpaired) electrons. The lowest BCUT2D eigenvalue weighted by Gasteiger charge is -2.20. The molecule has 1 aliphatic rings. The van der Waals surface area contributed by atoms with Gasteiger partial charge in [-0.25, -0.2) is 13.1 Å². The standard InChI is InChI=1S/C22H30N2O3S/c1-16(2)19-15-22(17(3)14-21(19)27-4)28(25,26)23-11-7-12-24-13-10-18-8-5-6-9-20(18)24/h5-6,8-9,14-16,23H,7,10-13H2,1-4H3. The van der Waals surface area contributed by atoms with Crippen LogP contribution in [0.15, 0.2) is 41.3 Å². The summed E-state index contributed by atoms with van der Waals surface area (Å²) in [7, 11) is -1.94. The first-order valence-corrected chi connectivity index (χ1v) is 11.3. The number of hydrogen-bond acceptors (Lipinski definition) is 4. The van der Waals surface area contributed by atoms with E-state index in [0.717, 1.165) is 37.2 Å². The van der Waals surface area contributed by atoms with Crippen LogP contribution in [0, 0.1) is 6.92 Å². The molecule has 0 saturated heterocycles. The molecule has 6 heteroatoms. The van der Waals surface area contributed by atoms with Crippen molar-refractivity contribution in [3.05, 3.63) is 53.1 Å². The number of benzene rings is 2. The molecule has 2 aromatic rings.